The minimum atomic E-state index is -1.03. The highest BCUT2D eigenvalue weighted by Crippen LogP contribution is 2.15. The number of allylic oxidation sites excluding steroid dienone is 2. The average molecular weight is 341 g/mol. The third-order valence-electron chi connectivity index (χ3n) is 3.76. The number of aliphatic hydroxyl groups is 1. The highest BCUT2D eigenvalue weighted by Gasteiger charge is 2.14. The molecule has 0 saturated carbocycles. The van der Waals surface area contributed by atoms with Crippen molar-refractivity contribution in [2.75, 3.05) is 32.1 Å². The molecule has 0 aliphatic carbocycles. The van der Waals surface area contributed by atoms with E-state index in [0.29, 0.717) is 11.5 Å². The van der Waals surface area contributed by atoms with Crippen LogP contribution in [0.5, 0.6) is 0 Å². The predicted molar refractivity (Wildman–Crippen MR) is 102 cm³/mol. The number of aliphatic hydroxyl groups excluding tert-OH is 1. The Balaban J connectivity index is 2.09. The lowest BCUT2D eigenvalue weighted by Crippen LogP contribution is -2.19. The molecule has 0 bridgehead atoms. The first kappa shape index (κ1) is 18.8. The topological polar surface area (TPSA) is 47.9 Å². The molecular weight excluding hydrogens is 317 g/mol. The van der Waals surface area contributed by atoms with Crippen molar-refractivity contribution in [2.45, 2.75) is 19.5 Å². The molecule has 1 aliphatic heterocycles. The first-order valence-corrected chi connectivity index (χ1v) is 8.29. The molecule has 0 saturated heterocycles. The normalized spacial score (nSPS) is 17.7. The summed E-state index contributed by atoms with van der Waals surface area (Å²) in [4.78, 5) is 6.20. The van der Waals surface area contributed by atoms with Gasteiger partial charge in [0.1, 0.15) is 12.0 Å². The Bertz CT molecular complexity index is 736. The van der Waals surface area contributed by atoms with E-state index >= 15 is 0 Å². The third kappa shape index (κ3) is 5.47. The maximum Gasteiger partial charge on any atom is 0.132 e. The van der Waals surface area contributed by atoms with E-state index in [2.05, 4.69) is 27.0 Å². The minimum absolute atomic E-state index is 0.191. The number of benzene rings is 1. The lowest BCUT2D eigenvalue weighted by Gasteiger charge is -2.18. The van der Waals surface area contributed by atoms with Gasteiger partial charge in [-0.1, -0.05) is 5.92 Å². The van der Waals surface area contributed by atoms with Gasteiger partial charge in [0.05, 0.1) is 5.70 Å². The van der Waals surface area contributed by atoms with Gasteiger partial charge in [0.15, 0.2) is 0 Å². The maximum absolute atomic E-state index is 13.2. The number of halogens is 1. The van der Waals surface area contributed by atoms with Crippen LogP contribution in [0.25, 0.3) is 0 Å². The van der Waals surface area contributed by atoms with Crippen LogP contribution in [0.2, 0.25) is 0 Å². The van der Waals surface area contributed by atoms with E-state index in [9.17, 15) is 4.39 Å². The molecule has 5 heteroatoms. The molecule has 0 spiro atoms. The van der Waals surface area contributed by atoms with Crippen LogP contribution in [-0.4, -0.2) is 44.4 Å². The van der Waals surface area contributed by atoms with E-state index in [1.807, 2.05) is 37.4 Å². The van der Waals surface area contributed by atoms with E-state index in [-0.39, 0.29) is 6.61 Å². The molecule has 1 atom stereocenters. The first-order valence-electron chi connectivity index (χ1n) is 8.29. The molecule has 0 radical (unpaired) electrons. The van der Waals surface area contributed by atoms with Crippen molar-refractivity contribution in [3.63, 3.8) is 0 Å². The van der Waals surface area contributed by atoms with Gasteiger partial charge in [0, 0.05) is 44.1 Å². The van der Waals surface area contributed by atoms with E-state index in [0.717, 1.165) is 29.8 Å². The molecule has 1 heterocycles. The predicted octanol–water partition coefficient (Wildman–Crippen LogP) is 2.66. The first-order chi connectivity index (χ1) is 12.0. The standard InChI is InChI=1S/C20H24FN3O/c1-15(21)13-17-14-18(23-20(17)22-2)8-5-16-6-9-19(10-7-16)24(3)11-4-12-25/h6-7,9-10,13-15,25H,4,11-12H2,1-3H3,(H,22,23)/b17-13-. The van der Waals surface area contributed by atoms with Crippen molar-refractivity contribution >= 4 is 11.5 Å². The maximum atomic E-state index is 13.2. The van der Waals surface area contributed by atoms with E-state index in [1.165, 1.54) is 13.0 Å². The Morgan fingerprint density at radius 1 is 1.32 bits per heavy atom. The quantitative estimate of drug-likeness (QED) is 0.810. The van der Waals surface area contributed by atoms with Crippen LogP contribution in [0.3, 0.4) is 0 Å². The number of rotatable bonds is 5. The van der Waals surface area contributed by atoms with Crippen LogP contribution in [0.15, 0.2) is 52.7 Å². The van der Waals surface area contributed by atoms with Gasteiger partial charge in [-0.25, -0.2) is 4.39 Å². The van der Waals surface area contributed by atoms with Crippen molar-refractivity contribution in [2.24, 2.45) is 4.99 Å². The Labute approximate surface area is 148 Å². The average Bonchev–Trinajstić information content (AvgIpc) is 2.99. The molecular formula is C20H24FN3O. The number of nitrogens with one attached hydrogen (secondary N) is 1. The summed E-state index contributed by atoms with van der Waals surface area (Å²) in [6, 6.07) is 7.94. The highest BCUT2D eigenvalue weighted by molar-refractivity contribution is 6.05. The number of aliphatic imine (C=N–C) groups is 1. The van der Waals surface area contributed by atoms with Gasteiger partial charge < -0.3 is 15.3 Å². The zero-order valence-corrected chi connectivity index (χ0v) is 14.9. The number of hydrogen-bond acceptors (Lipinski definition) is 3. The minimum Gasteiger partial charge on any atom is -0.396 e. The summed E-state index contributed by atoms with van der Waals surface area (Å²) in [6.45, 7) is 2.48. The monoisotopic (exact) mass is 341 g/mol. The molecule has 1 aromatic rings. The van der Waals surface area contributed by atoms with E-state index in [1.54, 1.807) is 7.05 Å². The number of alkyl halides is 1. The molecule has 25 heavy (non-hydrogen) atoms. The molecule has 4 nitrogen and oxygen atoms in total. The summed E-state index contributed by atoms with van der Waals surface area (Å²) >= 11 is 0. The summed E-state index contributed by atoms with van der Waals surface area (Å²) < 4.78 is 13.2. The molecule has 0 fully saturated rings. The number of anilines is 1. The lowest BCUT2D eigenvalue weighted by atomic mass is 10.2. The largest absolute Gasteiger partial charge is 0.396 e. The van der Waals surface area contributed by atoms with E-state index < -0.39 is 6.17 Å². The van der Waals surface area contributed by atoms with Crippen molar-refractivity contribution in [3.05, 3.63) is 53.3 Å². The molecule has 2 rings (SSSR count). The van der Waals surface area contributed by atoms with Crippen LogP contribution in [0.1, 0.15) is 18.9 Å². The zero-order valence-electron chi connectivity index (χ0n) is 14.9. The van der Waals surface area contributed by atoms with E-state index in [4.69, 9.17) is 5.11 Å². The summed E-state index contributed by atoms with van der Waals surface area (Å²) in [5, 5.41) is 12.0. The van der Waals surface area contributed by atoms with Crippen LogP contribution in [0, 0.1) is 11.8 Å². The second-order valence-electron chi connectivity index (χ2n) is 5.85. The number of hydrogen-bond donors (Lipinski definition) is 2. The Hall–Kier alpha value is -2.58. The second-order valence-corrected chi connectivity index (χ2v) is 5.85. The molecule has 1 aliphatic rings. The molecule has 1 aromatic carbocycles. The zero-order chi connectivity index (χ0) is 18.2. The van der Waals surface area contributed by atoms with Crippen LogP contribution < -0.4 is 10.2 Å². The fourth-order valence-electron chi connectivity index (χ4n) is 2.46. The Morgan fingerprint density at radius 3 is 2.64 bits per heavy atom. The van der Waals surface area contributed by atoms with Gasteiger partial charge in [-0.3, -0.25) is 4.99 Å². The SMILES string of the molecule is CN=C1NC(C#Cc2ccc(N(C)CCCO)cc2)=C/C1=C/C(C)F. The molecule has 1 unspecified atom stereocenters. The number of amidine groups is 1. The summed E-state index contributed by atoms with van der Waals surface area (Å²) in [5.74, 6) is 6.79. The van der Waals surface area contributed by atoms with Gasteiger partial charge >= 0.3 is 0 Å². The summed E-state index contributed by atoms with van der Waals surface area (Å²) in [6.07, 6.45) is 3.03. The molecule has 132 valence electrons. The van der Waals surface area contributed by atoms with Crippen molar-refractivity contribution < 1.29 is 9.50 Å². The van der Waals surface area contributed by atoms with Crippen LogP contribution >= 0.6 is 0 Å². The van der Waals surface area contributed by atoms with Crippen molar-refractivity contribution in [1.29, 1.82) is 0 Å². The second kappa shape index (κ2) is 9.05. The Morgan fingerprint density at radius 2 is 2.04 bits per heavy atom. The smallest absolute Gasteiger partial charge is 0.132 e. The van der Waals surface area contributed by atoms with Gasteiger partial charge in [0.25, 0.3) is 0 Å². The van der Waals surface area contributed by atoms with Gasteiger partial charge in [-0.2, -0.15) is 0 Å². The molecule has 0 aromatic heterocycles. The molecule has 0 amide bonds. The number of nitrogens with zero attached hydrogens (tertiary/aromatic N) is 2. The van der Waals surface area contributed by atoms with Crippen LogP contribution in [0.4, 0.5) is 10.1 Å². The molecule has 2 N–H and O–H groups in total. The lowest BCUT2D eigenvalue weighted by molar-refractivity contribution is 0.290. The Kier molecular flexibility index (Phi) is 6.79. The van der Waals surface area contributed by atoms with Crippen molar-refractivity contribution in [1.82, 2.24) is 5.32 Å². The third-order valence-corrected chi connectivity index (χ3v) is 3.76. The summed E-state index contributed by atoms with van der Waals surface area (Å²) in [7, 11) is 3.66. The van der Waals surface area contributed by atoms with Crippen molar-refractivity contribution in [3.8, 4) is 11.8 Å². The van der Waals surface area contributed by atoms with Gasteiger partial charge in [-0.05, 0) is 55.7 Å². The van der Waals surface area contributed by atoms with Crippen LogP contribution in [-0.2, 0) is 0 Å². The highest BCUT2D eigenvalue weighted by atomic mass is 19.1. The van der Waals surface area contributed by atoms with Gasteiger partial charge in [0.2, 0.25) is 0 Å². The summed E-state index contributed by atoms with van der Waals surface area (Å²) in [5.41, 5.74) is 3.41. The van der Waals surface area contributed by atoms with Gasteiger partial charge in [-0.15, -0.1) is 0 Å². The fourth-order valence-corrected chi connectivity index (χ4v) is 2.46. The fraction of sp³-hybridized carbons (Fsp3) is 0.350.